The van der Waals surface area contributed by atoms with Crippen molar-refractivity contribution in [1.82, 2.24) is 25.5 Å². The number of hydrogen-bond acceptors (Lipinski definition) is 7. The standard InChI is InChI=1S/C23H24FN5O2/c1-13-11-25-12-19(26-13)14-5-6-16(20(30)9-14)17-7-8-22(29-28-17)31-21-10-15-3-2-4-18(27-15)23(21)24/h5-9,11-12,15,18,21,23,27,30H,2-4,10H2,1H3/t15-,18+,21-,23+/m0/s1. The summed E-state index contributed by atoms with van der Waals surface area (Å²) in [5.41, 5.74) is 3.30. The molecule has 3 aromatic rings. The average Bonchev–Trinajstić information content (AvgIpc) is 2.78. The largest absolute Gasteiger partial charge is 0.507 e. The summed E-state index contributed by atoms with van der Waals surface area (Å²) in [7, 11) is 0. The normalized spacial score (nSPS) is 25.2. The molecule has 5 rings (SSSR count). The van der Waals surface area contributed by atoms with Gasteiger partial charge in [-0.1, -0.05) is 12.5 Å². The van der Waals surface area contributed by atoms with Crippen molar-refractivity contribution in [2.45, 2.75) is 57.0 Å². The third-order valence-electron chi connectivity index (χ3n) is 6.01. The Bertz CT molecular complexity index is 1080. The van der Waals surface area contributed by atoms with Crippen LogP contribution in [-0.2, 0) is 0 Å². The maximum Gasteiger partial charge on any atom is 0.233 e. The second-order valence-electron chi connectivity index (χ2n) is 8.27. The van der Waals surface area contributed by atoms with Crippen LogP contribution in [0.15, 0.2) is 42.7 Å². The zero-order chi connectivity index (χ0) is 21.4. The van der Waals surface area contributed by atoms with E-state index < -0.39 is 12.3 Å². The van der Waals surface area contributed by atoms with E-state index >= 15 is 0 Å². The number of aryl methyl sites for hydroxylation is 1. The highest BCUT2D eigenvalue weighted by molar-refractivity contribution is 5.72. The minimum atomic E-state index is -1.06. The minimum Gasteiger partial charge on any atom is -0.507 e. The van der Waals surface area contributed by atoms with Gasteiger partial charge in [-0.15, -0.1) is 10.2 Å². The Morgan fingerprint density at radius 2 is 2.00 bits per heavy atom. The van der Waals surface area contributed by atoms with Gasteiger partial charge >= 0.3 is 0 Å². The van der Waals surface area contributed by atoms with E-state index in [1.165, 1.54) is 0 Å². The van der Waals surface area contributed by atoms with Gasteiger partial charge < -0.3 is 15.2 Å². The third kappa shape index (κ3) is 4.07. The van der Waals surface area contributed by atoms with Crippen LogP contribution < -0.4 is 10.1 Å². The molecule has 4 heterocycles. The van der Waals surface area contributed by atoms with Crippen LogP contribution >= 0.6 is 0 Å². The van der Waals surface area contributed by atoms with Crippen LogP contribution in [0.4, 0.5) is 4.39 Å². The van der Waals surface area contributed by atoms with E-state index in [-0.39, 0.29) is 11.8 Å². The quantitative estimate of drug-likeness (QED) is 0.665. The Morgan fingerprint density at radius 1 is 1.10 bits per heavy atom. The average molecular weight is 421 g/mol. The van der Waals surface area contributed by atoms with Gasteiger partial charge in [0.1, 0.15) is 11.9 Å². The van der Waals surface area contributed by atoms with E-state index in [9.17, 15) is 9.50 Å². The lowest BCUT2D eigenvalue weighted by Crippen LogP contribution is -2.59. The fraction of sp³-hybridized carbons (Fsp3) is 0.391. The van der Waals surface area contributed by atoms with E-state index in [1.807, 2.05) is 13.0 Å². The maximum atomic E-state index is 14.7. The minimum absolute atomic E-state index is 0.0683. The predicted molar refractivity (Wildman–Crippen MR) is 113 cm³/mol. The first-order valence-corrected chi connectivity index (χ1v) is 10.6. The van der Waals surface area contributed by atoms with Crippen LogP contribution in [0.2, 0.25) is 0 Å². The summed E-state index contributed by atoms with van der Waals surface area (Å²) < 4.78 is 20.6. The number of piperidine rings is 2. The molecule has 2 aliphatic heterocycles. The second-order valence-corrected chi connectivity index (χ2v) is 8.27. The molecule has 2 bridgehead atoms. The van der Waals surface area contributed by atoms with Gasteiger partial charge in [0, 0.05) is 41.9 Å². The van der Waals surface area contributed by atoms with Gasteiger partial charge in [-0.05, 0) is 38.0 Å². The monoisotopic (exact) mass is 421 g/mol. The van der Waals surface area contributed by atoms with Crippen LogP contribution in [-0.4, -0.2) is 49.6 Å². The van der Waals surface area contributed by atoms with Crippen molar-refractivity contribution in [3.63, 3.8) is 0 Å². The fourth-order valence-electron chi connectivity index (χ4n) is 4.47. The molecule has 2 N–H and O–H groups in total. The van der Waals surface area contributed by atoms with Crippen LogP contribution in [0.25, 0.3) is 22.5 Å². The molecule has 2 fully saturated rings. The van der Waals surface area contributed by atoms with Crippen molar-refractivity contribution < 1.29 is 14.2 Å². The smallest absolute Gasteiger partial charge is 0.233 e. The molecule has 8 heteroatoms. The van der Waals surface area contributed by atoms with E-state index in [0.29, 0.717) is 35.3 Å². The SMILES string of the molecule is Cc1cncc(-c2ccc(-c3ccc(O[C@H]4C[C@@H]5CCC[C@@H](N5)[C@H]4F)nn3)c(O)c2)n1. The van der Waals surface area contributed by atoms with Gasteiger partial charge in [-0.2, -0.15) is 0 Å². The summed E-state index contributed by atoms with van der Waals surface area (Å²) in [6, 6.07) is 8.81. The summed E-state index contributed by atoms with van der Waals surface area (Å²) >= 11 is 0. The van der Waals surface area contributed by atoms with Crippen LogP contribution in [0.5, 0.6) is 11.6 Å². The Balaban J connectivity index is 1.32. The molecule has 2 aromatic heterocycles. The molecule has 1 aromatic carbocycles. The lowest BCUT2D eigenvalue weighted by Gasteiger charge is -2.42. The summed E-state index contributed by atoms with van der Waals surface area (Å²) in [5.74, 6) is 0.362. The highest BCUT2D eigenvalue weighted by atomic mass is 19.1. The van der Waals surface area contributed by atoms with E-state index in [1.54, 1.807) is 36.7 Å². The predicted octanol–water partition coefficient (Wildman–Crippen LogP) is 3.61. The number of phenolic OH excluding ortho intramolecular Hbond substituents is 1. The molecule has 0 saturated carbocycles. The lowest BCUT2D eigenvalue weighted by molar-refractivity contribution is 0.00652. The Kier molecular flexibility index (Phi) is 5.23. The summed E-state index contributed by atoms with van der Waals surface area (Å²) in [6.07, 6.45) is 5.34. The molecule has 160 valence electrons. The van der Waals surface area contributed by atoms with Gasteiger partial charge in [0.15, 0.2) is 6.17 Å². The zero-order valence-corrected chi connectivity index (χ0v) is 17.2. The van der Waals surface area contributed by atoms with Crippen molar-refractivity contribution in [2.24, 2.45) is 0 Å². The number of alkyl halides is 1. The number of ether oxygens (including phenoxy) is 1. The number of hydrogen-bond donors (Lipinski definition) is 2. The molecule has 4 atom stereocenters. The molecule has 2 aliphatic rings. The van der Waals surface area contributed by atoms with Gasteiger partial charge in [0.05, 0.1) is 23.3 Å². The first-order chi connectivity index (χ1) is 15.1. The van der Waals surface area contributed by atoms with Crippen LogP contribution in [0.3, 0.4) is 0 Å². The maximum absolute atomic E-state index is 14.7. The van der Waals surface area contributed by atoms with E-state index in [0.717, 1.165) is 30.5 Å². The number of benzene rings is 1. The van der Waals surface area contributed by atoms with E-state index in [2.05, 4.69) is 25.5 Å². The first kappa shape index (κ1) is 19.8. The number of nitrogens with one attached hydrogen (secondary N) is 1. The van der Waals surface area contributed by atoms with Gasteiger partial charge in [-0.25, -0.2) is 9.37 Å². The van der Waals surface area contributed by atoms with Gasteiger partial charge in [-0.3, -0.25) is 4.98 Å². The van der Waals surface area contributed by atoms with Crippen molar-refractivity contribution in [1.29, 1.82) is 0 Å². The summed E-state index contributed by atoms with van der Waals surface area (Å²) in [4.78, 5) is 8.57. The van der Waals surface area contributed by atoms with Crippen LogP contribution in [0, 0.1) is 6.92 Å². The molecule has 0 amide bonds. The Labute approximate surface area is 179 Å². The van der Waals surface area contributed by atoms with Crippen molar-refractivity contribution >= 4 is 0 Å². The number of aromatic nitrogens is 4. The number of aromatic hydroxyl groups is 1. The molecule has 0 spiro atoms. The Morgan fingerprint density at radius 3 is 2.77 bits per heavy atom. The number of fused-ring (bicyclic) bond motifs is 2. The van der Waals surface area contributed by atoms with Gasteiger partial charge in [0.25, 0.3) is 0 Å². The summed E-state index contributed by atoms with van der Waals surface area (Å²) in [5, 5.41) is 22.2. The Hall–Kier alpha value is -3.13. The molecule has 0 aliphatic carbocycles. The molecule has 0 radical (unpaired) electrons. The van der Waals surface area contributed by atoms with E-state index in [4.69, 9.17) is 4.74 Å². The summed E-state index contributed by atoms with van der Waals surface area (Å²) in [6.45, 7) is 1.87. The van der Waals surface area contributed by atoms with Gasteiger partial charge in [0.2, 0.25) is 5.88 Å². The highest BCUT2D eigenvalue weighted by Gasteiger charge is 2.41. The first-order valence-electron chi connectivity index (χ1n) is 10.6. The molecular weight excluding hydrogens is 397 g/mol. The van der Waals surface area contributed by atoms with Crippen molar-refractivity contribution in [3.05, 3.63) is 48.4 Å². The molecule has 2 saturated heterocycles. The molecule has 31 heavy (non-hydrogen) atoms. The van der Waals surface area contributed by atoms with Crippen LogP contribution in [0.1, 0.15) is 31.4 Å². The van der Waals surface area contributed by atoms with Crippen molar-refractivity contribution in [2.75, 3.05) is 0 Å². The number of phenols is 1. The lowest BCUT2D eigenvalue weighted by atomic mass is 9.84. The topological polar surface area (TPSA) is 93.0 Å². The molecular formula is C23H24FN5O2. The number of nitrogens with zero attached hydrogens (tertiary/aromatic N) is 4. The van der Waals surface area contributed by atoms with Crippen molar-refractivity contribution in [3.8, 4) is 34.1 Å². The fourth-order valence-corrected chi connectivity index (χ4v) is 4.47. The number of rotatable bonds is 4. The highest BCUT2D eigenvalue weighted by Crippen LogP contribution is 2.33. The second kappa shape index (κ2) is 8.19. The number of halogens is 1. The molecule has 0 unspecified atom stereocenters. The third-order valence-corrected chi connectivity index (χ3v) is 6.01. The molecule has 7 nitrogen and oxygen atoms in total. The zero-order valence-electron chi connectivity index (χ0n) is 17.2.